The molecule has 0 heterocycles. The second-order valence-electron chi connectivity index (χ2n) is 3.13. The summed E-state index contributed by atoms with van der Waals surface area (Å²) in [5.41, 5.74) is 0.919. The van der Waals surface area contributed by atoms with E-state index in [9.17, 15) is 4.21 Å². The number of benzene rings is 1. The van der Waals surface area contributed by atoms with Gasteiger partial charge in [-0.05, 0) is 37.1 Å². The molecule has 1 rings (SSSR count). The fraction of sp³-hybridized carbons (Fsp3) is 0.400. The van der Waals surface area contributed by atoms with Crippen LogP contribution in [0.25, 0.3) is 0 Å². The Labute approximate surface area is 91.6 Å². The van der Waals surface area contributed by atoms with Gasteiger partial charge < -0.3 is 15.0 Å². The fourth-order valence-electron chi connectivity index (χ4n) is 1.16. The van der Waals surface area contributed by atoms with Crippen LogP contribution in [0.4, 0.5) is 5.69 Å². The Kier molecular flexibility index (Phi) is 5.31. The molecule has 0 amide bonds. The van der Waals surface area contributed by atoms with E-state index in [1.807, 2.05) is 0 Å². The second kappa shape index (κ2) is 6.55. The van der Waals surface area contributed by atoms with Crippen molar-refractivity contribution in [3.05, 3.63) is 24.3 Å². The number of aliphatic hydroxyl groups excluding tert-OH is 1. The van der Waals surface area contributed by atoms with Crippen LogP contribution < -0.4 is 5.32 Å². The molecule has 0 spiro atoms. The highest BCUT2D eigenvalue weighted by Crippen LogP contribution is 2.11. The minimum atomic E-state index is -1.91. The number of aliphatic hydroxyl groups is 1. The lowest BCUT2D eigenvalue weighted by Crippen LogP contribution is -2.02. The zero-order valence-corrected chi connectivity index (χ0v) is 9.17. The first-order valence-corrected chi connectivity index (χ1v) is 5.90. The molecule has 4 nitrogen and oxygen atoms in total. The SMILES string of the molecule is O=S(O)c1ccc(NCCCCO)cc1. The lowest BCUT2D eigenvalue weighted by Gasteiger charge is -2.05. The fourth-order valence-corrected chi connectivity index (χ4v) is 1.53. The average Bonchev–Trinajstić information content (AvgIpc) is 2.25. The van der Waals surface area contributed by atoms with E-state index < -0.39 is 11.1 Å². The summed E-state index contributed by atoms with van der Waals surface area (Å²) in [7, 11) is 0. The molecular formula is C10H15NO3S. The van der Waals surface area contributed by atoms with E-state index in [2.05, 4.69) is 5.32 Å². The molecule has 0 radical (unpaired) electrons. The van der Waals surface area contributed by atoms with Gasteiger partial charge in [-0.1, -0.05) is 0 Å². The number of nitrogens with one attached hydrogen (secondary N) is 1. The molecule has 1 atom stereocenters. The zero-order valence-electron chi connectivity index (χ0n) is 8.35. The van der Waals surface area contributed by atoms with Crippen molar-refractivity contribution in [3.63, 3.8) is 0 Å². The molecular weight excluding hydrogens is 214 g/mol. The summed E-state index contributed by atoms with van der Waals surface area (Å²) in [5.74, 6) is 0. The van der Waals surface area contributed by atoms with Crippen LogP contribution in [-0.4, -0.2) is 27.0 Å². The molecule has 1 aromatic carbocycles. The normalized spacial score (nSPS) is 12.4. The minimum absolute atomic E-state index is 0.212. The summed E-state index contributed by atoms with van der Waals surface area (Å²) < 4.78 is 19.5. The van der Waals surface area contributed by atoms with E-state index in [-0.39, 0.29) is 6.61 Å². The summed E-state index contributed by atoms with van der Waals surface area (Å²) >= 11 is -1.91. The van der Waals surface area contributed by atoms with Crippen LogP contribution in [0.3, 0.4) is 0 Å². The summed E-state index contributed by atoms with van der Waals surface area (Å²) in [6, 6.07) is 6.76. The first kappa shape index (κ1) is 12.2. The Hall–Kier alpha value is -0.910. The summed E-state index contributed by atoms with van der Waals surface area (Å²) in [6.07, 6.45) is 1.69. The minimum Gasteiger partial charge on any atom is -0.396 e. The Balaban J connectivity index is 2.39. The Morgan fingerprint density at radius 1 is 1.20 bits per heavy atom. The van der Waals surface area contributed by atoms with Crippen molar-refractivity contribution in [2.24, 2.45) is 0 Å². The monoisotopic (exact) mass is 229 g/mol. The smallest absolute Gasteiger partial charge is 0.186 e. The van der Waals surface area contributed by atoms with Gasteiger partial charge >= 0.3 is 0 Å². The van der Waals surface area contributed by atoms with Gasteiger partial charge in [-0.15, -0.1) is 0 Å². The van der Waals surface area contributed by atoms with E-state index in [0.29, 0.717) is 4.90 Å². The molecule has 0 aliphatic heterocycles. The van der Waals surface area contributed by atoms with E-state index in [4.69, 9.17) is 9.66 Å². The Bertz CT molecular complexity index is 313. The highest BCUT2D eigenvalue weighted by Gasteiger charge is 1.98. The van der Waals surface area contributed by atoms with E-state index in [1.165, 1.54) is 0 Å². The number of hydrogen-bond donors (Lipinski definition) is 3. The van der Waals surface area contributed by atoms with Crippen molar-refractivity contribution in [2.45, 2.75) is 17.7 Å². The summed E-state index contributed by atoms with van der Waals surface area (Å²) in [6.45, 7) is 1.01. The number of rotatable bonds is 6. The van der Waals surface area contributed by atoms with Crippen molar-refractivity contribution in [3.8, 4) is 0 Å². The van der Waals surface area contributed by atoms with Gasteiger partial charge in [-0.2, -0.15) is 0 Å². The quantitative estimate of drug-likeness (QED) is 0.510. The van der Waals surface area contributed by atoms with Crippen LogP contribution in [0.15, 0.2) is 29.2 Å². The number of hydrogen-bond acceptors (Lipinski definition) is 3. The van der Waals surface area contributed by atoms with Crippen LogP contribution >= 0.6 is 0 Å². The molecule has 0 fully saturated rings. The van der Waals surface area contributed by atoms with Gasteiger partial charge in [0.2, 0.25) is 0 Å². The van der Waals surface area contributed by atoms with E-state index in [1.54, 1.807) is 24.3 Å². The maximum atomic E-state index is 10.7. The van der Waals surface area contributed by atoms with E-state index in [0.717, 1.165) is 25.1 Å². The Morgan fingerprint density at radius 2 is 1.87 bits per heavy atom. The lowest BCUT2D eigenvalue weighted by molar-refractivity contribution is 0.286. The third-order valence-electron chi connectivity index (χ3n) is 1.97. The van der Waals surface area contributed by atoms with Crippen LogP contribution in [-0.2, 0) is 11.1 Å². The number of unbranched alkanes of at least 4 members (excludes halogenated alkanes) is 1. The molecule has 5 heteroatoms. The lowest BCUT2D eigenvalue weighted by atomic mass is 10.3. The predicted molar refractivity (Wildman–Crippen MR) is 60.3 cm³/mol. The first-order valence-electron chi connectivity index (χ1n) is 4.79. The third-order valence-corrected chi connectivity index (χ3v) is 2.65. The molecule has 0 saturated heterocycles. The van der Waals surface area contributed by atoms with Gasteiger partial charge in [-0.25, -0.2) is 4.21 Å². The summed E-state index contributed by atoms with van der Waals surface area (Å²) in [4.78, 5) is 0.399. The zero-order chi connectivity index (χ0) is 11.1. The molecule has 1 unspecified atom stereocenters. The maximum absolute atomic E-state index is 10.7. The van der Waals surface area contributed by atoms with Gasteiger partial charge in [0, 0.05) is 18.8 Å². The molecule has 0 aliphatic carbocycles. The Morgan fingerprint density at radius 3 is 2.40 bits per heavy atom. The number of anilines is 1. The largest absolute Gasteiger partial charge is 0.396 e. The third kappa shape index (κ3) is 4.42. The van der Waals surface area contributed by atoms with Crippen LogP contribution in [0.2, 0.25) is 0 Å². The van der Waals surface area contributed by atoms with Gasteiger partial charge in [0.1, 0.15) is 0 Å². The van der Waals surface area contributed by atoms with Crippen LogP contribution in [0.5, 0.6) is 0 Å². The topological polar surface area (TPSA) is 69.6 Å². The molecule has 0 aromatic heterocycles. The summed E-state index contributed by atoms with van der Waals surface area (Å²) in [5, 5.41) is 11.7. The molecule has 3 N–H and O–H groups in total. The molecule has 0 bridgehead atoms. The molecule has 0 aliphatic rings. The second-order valence-corrected chi connectivity index (χ2v) is 4.10. The van der Waals surface area contributed by atoms with Crippen LogP contribution in [0.1, 0.15) is 12.8 Å². The predicted octanol–water partition coefficient (Wildman–Crippen LogP) is 1.45. The van der Waals surface area contributed by atoms with Gasteiger partial charge in [0.25, 0.3) is 0 Å². The molecule has 84 valence electrons. The highest BCUT2D eigenvalue weighted by atomic mass is 32.2. The first-order chi connectivity index (χ1) is 7.24. The van der Waals surface area contributed by atoms with Crippen molar-refractivity contribution in [2.75, 3.05) is 18.5 Å². The van der Waals surface area contributed by atoms with E-state index >= 15 is 0 Å². The van der Waals surface area contributed by atoms with Crippen molar-refractivity contribution >= 4 is 16.8 Å². The van der Waals surface area contributed by atoms with Crippen molar-refractivity contribution < 1.29 is 13.9 Å². The molecule has 15 heavy (non-hydrogen) atoms. The van der Waals surface area contributed by atoms with Gasteiger partial charge in [-0.3, -0.25) is 0 Å². The average molecular weight is 229 g/mol. The van der Waals surface area contributed by atoms with Crippen molar-refractivity contribution in [1.29, 1.82) is 0 Å². The van der Waals surface area contributed by atoms with Gasteiger partial charge in [0.15, 0.2) is 11.1 Å². The van der Waals surface area contributed by atoms with Crippen LogP contribution in [0, 0.1) is 0 Å². The standard InChI is InChI=1S/C10H15NO3S/c12-8-2-1-7-11-9-3-5-10(6-4-9)15(13)14/h3-6,11-12H,1-2,7-8H2,(H,13,14). The highest BCUT2D eigenvalue weighted by molar-refractivity contribution is 7.79. The van der Waals surface area contributed by atoms with Crippen molar-refractivity contribution in [1.82, 2.24) is 0 Å². The molecule has 1 aromatic rings. The molecule has 0 saturated carbocycles. The maximum Gasteiger partial charge on any atom is 0.186 e. The van der Waals surface area contributed by atoms with Gasteiger partial charge in [0.05, 0.1) is 4.90 Å².